The summed E-state index contributed by atoms with van der Waals surface area (Å²) in [7, 11) is 1.84. The molecule has 0 spiro atoms. The van der Waals surface area contributed by atoms with Gasteiger partial charge in [-0.1, -0.05) is 6.07 Å². The van der Waals surface area contributed by atoms with E-state index in [1.54, 1.807) is 5.38 Å². The van der Waals surface area contributed by atoms with Crippen LogP contribution < -0.4 is 5.32 Å². The lowest BCUT2D eigenvalue weighted by molar-refractivity contribution is 0.590. The van der Waals surface area contributed by atoms with Crippen molar-refractivity contribution < 1.29 is 8.78 Å². The highest BCUT2D eigenvalue weighted by Crippen LogP contribution is 2.29. The van der Waals surface area contributed by atoms with E-state index < -0.39 is 11.6 Å². The minimum Gasteiger partial charge on any atom is -0.315 e. The Balaban J connectivity index is 2.42. The predicted molar refractivity (Wildman–Crippen MR) is 62.4 cm³/mol. The second-order valence-corrected chi connectivity index (χ2v) is 4.42. The number of nitrogens with one attached hydrogen (secondary N) is 1. The molecule has 16 heavy (non-hydrogen) atoms. The lowest BCUT2D eigenvalue weighted by atomic mass is 10.1. The van der Waals surface area contributed by atoms with Gasteiger partial charge in [0.1, 0.15) is 11.6 Å². The molecule has 2 rings (SSSR count). The average Bonchev–Trinajstić information content (AvgIpc) is 2.67. The van der Waals surface area contributed by atoms with E-state index in [9.17, 15) is 8.78 Å². The first-order chi connectivity index (χ1) is 7.72. The zero-order valence-corrected chi connectivity index (χ0v) is 9.57. The summed E-state index contributed by atoms with van der Waals surface area (Å²) in [5, 5.41) is 4.77. The molecule has 1 nitrogen and oxygen atoms in total. The van der Waals surface area contributed by atoms with Crippen molar-refractivity contribution in [3.63, 3.8) is 0 Å². The van der Waals surface area contributed by atoms with E-state index in [0.717, 1.165) is 4.88 Å². The molecule has 1 heterocycles. The van der Waals surface area contributed by atoms with Gasteiger partial charge in [-0.2, -0.15) is 0 Å². The zero-order chi connectivity index (χ0) is 11.5. The first-order valence-electron chi connectivity index (χ1n) is 4.88. The second-order valence-electron chi connectivity index (χ2n) is 3.43. The van der Waals surface area contributed by atoms with Crippen molar-refractivity contribution >= 4 is 11.3 Å². The molecule has 84 valence electrons. The Bertz CT molecular complexity index is 473. The summed E-state index contributed by atoms with van der Waals surface area (Å²) in [4.78, 5) is 1.06. The molecule has 0 radical (unpaired) electrons. The molecule has 0 fully saturated rings. The van der Waals surface area contributed by atoms with Crippen molar-refractivity contribution in [3.05, 3.63) is 46.2 Å². The molecule has 0 aliphatic rings. The molecule has 0 unspecified atom stereocenters. The number of halogens is 2. The third-order valence-corrected chi connectivity index (χ3v) is 3.19. The topological polar surface area (TPSA) is 12.0 Å². The number of benzene rings is 1. The van der Waals surface area contributed by atoms with Gasteiger partial charge in [0.05, 0.1) is 5.56 Å². The molecule has 0 bridgehead atoms. The van der Waals surface area contributed by atoms with Crippen LogP contribution in [0.5, 0.6) is 0 Å². The van der Waals surface area contributed by atoms with Crippen LogP contribution in [-0.4, -0.2) is 7.05 Å². The Hall–Kier alpha value is -1.26. The third kappa shape index (κ3) is 2.13. The number of thiophene rings is 1. The van der Waals surface area contributed by atoms with Crippen LogP contribution in [0.2, 0.25) is 0 Å². The van der Waals surface area contributed by atoms with E-state index in [1.165, 1.54) is 29.5 Å². The van der Waals surface area contributed by atoms with Gasteiger partial charge in [0, 0.05) is 11.4 Å². The molecule has 4 heteroatoms. The average molecular weight is 239 g/mol. The summed E-state index contributed by atoms with van der Waals surface area (Å²) in [5.41, 5.74) is 0.659. The van der Waals surface area contributed by atoms with Gasteiger partial charge in [0.2, 0.25) is 0 Å². The fourth-order valence-corrected chi connectivity index (χ4v) is 2.44. The fourth-order valence-electron chi connectivity index (χ4n) is 1.55. The molecule has 1 aromatic heterocycles. The van der Waals surface area contributed by atoms with Crippen molar-refractivity contribution in [1.82, 2.24) is 5.32 Å². The van der Waals surface area contributed by atoms with Gasteiger partial charge in [0.15, 0.2) is 0 Å². The molecule has 0 aliphatic carbocycles. The molecule has 0 saturated carbocycles. The van der Waals surface area contributed by atoms with Crippen molar-refractivity contribution in [3.8, 4) is 11.1 Å². The largest absolute Gasteiger partial charge is 0.315 e. The Morgan fingerprint density at radius 2 is 1.94 bits per heavy atom. The van der Waals surface area contributed by atoms with Crippen molar-refractivity contribution in [2.24, 2.45) is 0 Å². The van der Waals surface area contributed by atoms with E-state index in [0.29, 0.717) is 12.1 Å². The van der Waals surface area contributed by atoms with Gasteiger partial charge in [-0.25, -0.2) is 8.78 Å². The van der Waals surface area contributed by atoms with Crippen LogP contribution in [0.3, 0.4) is 0 Å². The summed E-state index contributed by atoms with van der Waals surface area (Å²) < 4.78 is 27.0. The Morgan fingerprint density at radius 3 is 2.56 bits per heavy atom. The van der Waals surface area contributed by atoms with Crippen molar-refractivity contribution in [2.45, 2.75) is 6.54 Å². The molecular weight excluding hydrogens is 228 g/mol. The molecule has 2 aromatic rings. The lowest BCUT2D eigenvalue weighted by Crippen LogP contribution is -2.02. The van der Waals surface area contributed by atoms with E-state index in [2.05, 4.69) is 5.32 Å². The number of hydrogen-bond acceptors (Lipinski definition) is 2. The van der Waals surface area contributed by atoms with Gasteiger partial charge >= 0.3 is 0 Å². The second kappa shape index (κ2) is 4.72. The van der Waals surface area contributed by atoms with Gasteiger partial charge in [-0.15, -0.1) is 11.3 Å². The van der Waals surface area contributed by atoms with E-state index >= 15 is 0 Å². The van der Waals surface area contributed by atoms with Crippen molar-refractivity contribution in [2.75, 3.05) is 7.05 Å². The molecule has 0 aliphatic heterocycles. The Labute approximate surface area is 96.7 Å². The van der Waals surface area contributed by atoms with Crippen LogP contribution in [0.1, 0.15) is 4.88 Å². The fraction of sp³-hybridized carbons (Fsp3) is 0.167. The highest BCUT2D eigenvalue weighted by atomic mass is 32.1. The lowest BCUT2D eigenvalue weighted by Gasteiger charge is -2.01. The minimum atomic E-state index is -0.520. The van der Waals surface area contributed by atoms with Crippen LogP contribution in [0.4, 0.5) is 8.78 Å². The van der Waals surface area contributed by atoms with Crippen LogP contribution >= 0.6 is 11.3 Å². The van der Waals surface area contributed by atoms with Gasteiger partial charge in [0.25, 0.3) is 0 Å². The van der Waals surface area contributed by atoms with Crippen LogP contribution in [0.25, 0.3) is 11.1 Å². The molecule has 1 aromatic carbocycles. The van der Waals surface area contributed by atoms with Gasteiger partial charge < -0.3 is 5.32 Å². The maximum atomic E-state index is 13.5. The Morgan fingerprint density at radius 1 is 1.25 bits per heavy atom. The third-order valence-electron chi connectivity index (χ3n) is 2.26. The Kier molecular flexibility index (Phi) is 3.31. The normalized spacial score (nSPS) is 10.7. The summed E-state index contributed by atoms with van der Waals surface area (Å²) in [6, 6.07) is 5.72. The first kappa shape index (κ1) is 11.2. The number of rotatable bonds is 3. The maximum Gasteiger partial charge on any atom is 0.134 e. The summed E-state index contributed by atoms with van der Waals surface area (Å²) in [6.07, 6.45) is 0. The SMILES string of the molecule is CNCc1cc(-c2c(F)cccc2F)cs1. The quantitative estimate of drug-likeness (QED) is 0.865. The van der Waals surface area contributed by atoms with Gasteiger partial charge in [-0.05, 0) is 36.2 Å². The predicted octanol–water partition coefficient (Wildman–Crippen LogP) is 3.41. The number of hydrogen-bond donors (Lipinski definition) is 1. The zero-order valence-electron chi connectivity index (χ0n) is 8.76. The summed E-state index contributed by atoms with van der Waals surface area (Å²) in [5.74, 6) is -1.04. The van der Waals surface area contributed by atoms with Gasteiger partial charge in [-0.3, -0.25) is 0 Å². The molecular formula is C12H11F2NS. The van der Waals surface area contributed by atoms with Crippen molar-refractivity contribution in [1.29, 1.82) is 0 Å². The van der Waals surface area contributed by atoms with Crippen LogP contribution in [-0.2, 0) is 6.54 Å². The minimum absolute atomic E-state index is 0.0566. The summed E-state index contributed by atoms with van der Waals surface area (Å²) >= 11 is 1.49. The molecule has 0 atom stereocenters. The monoisotopic (exact) mass is 239 g/mol. The highest BCUT2D eigenvalue weighted by molar-refractivity contribution is 7.10. The van der Waals surface area contributed by atoms with E-state index in [-0.39, 0.29) is 5.56 Å². The summed E-state index contributed by atoms with van der Waals surface area (Å²) in [6.45, 7) is 0.709. The van der Waals surface area contributed by atoms with Crippen LogP contribution in [0.15, 0.2) is 29.6 Å². The maximum absolute atomic E-state index is 13.5. The van der Waals surface area contributed by atoms with Crippen LogP contribution in [0, 0.1) is 11.6 Å². The van der Waals surface area contributed by atoms with E-state index in [1.807, 2.05) is 13.1 Å². The highest BCUT2D eigenvalue weighted by Gasteiger charge is 2.12. The molecule has 0 saturated heterocycles. The molecule has 1 N–H and O–H groups in total. The smallest absolute Gasteiger partial charge is 0.134 e. The molecule has 0 amide bonds. The first-order valence-corrected chi connectivity index (χ1v) is 5.76. The standard InChI is InChI=1S/C12H11F2NS/c1-15-6-9-5-8(7-16-9)12-10(13)3-2-4-11(12)14/h2-5,7,15H,6H2,1H3. The van der Waals surface area contributed by atoms with E-state index in [4.69, 9.17) is 0 Å².